The minimum Gasteiger partial charge on any atom is -0.367 e. The highest BCUT2D eigenvalue weighted by Crippen LogP contribution is 2.16. The van der Waals surface area contributed by atoms with E-state index in [-0.39, 0.29) is 10.7 Å². The van der Waals surface area contributed by atoms with Crippen molar-refractivity contribution in [3.63, 3.8) is 0 Å². The van der Waals surface area contributed by atoms with Crippen molar-refractivity contribution in [3.8, 4) is 0 Å². The topological polar surface area (TPSA) is 55.4 Å². The van der Waals surface area contributed by atoms with Crippen LogP contribution in [0.1, 0.15) is 32.4 Å². The Labute approximate surface area is 123 Å². The summed E-state index contributed by atoms with van der Waals surface area (Å²) in [6, 6.07) is 9.31. The third kappa shape index (κ3) is 5.06. The molecular weight excluding hydrogens is 274 g/mol. The van der Waals surface area contributed by atoms with Crippen LogP contribution in [0.3, 0.4) is 0 Å². The van der Waals surface area contributed by atoms with Crippen LogP contribution in [0.15, 0.2) is 30.3 Å². The lowest BCUT2D eigenvalue weighted by Gasteiger charge is -2.19. The van der Waals surface area contributed by atoms with Crippen molar-refractivity contribution in [2.24, 2.45) is 0 Å². The van der Waals surface area contributed by atoms with E-state index in [0.717, 1.165) is 5.56 Å². The molecule has 1 amide bonds. The molecule has 1 aromatic rings. The first-order valence-corrected chi connectivity index (χ1v) is 7.92. The van der Waals surface area contributed by atoms with Crippen LogP contribution in [0, 0.1) is 0 Å². The van der Waals surface area contributed by atoms with E-state index in [9.17, 15) is 9.00 Å². The van der Waals surface area contributed by atoms with Gasteiger partial charge in [-0.2, -0.15) is 0 Å². The minimum absolute atomic E-state index is 0.204. The Kier molecular flexibility index (Phi) is 6.36. The van der Waals surface area contributed by atoms with Gasteiger partial charge < -0.3 is 10.1 Å². The second-order valence-corrected chi connectivity index (χ2v) is 7.80. The molecule has 5 heteroatoms. The zero-order valence-corrected chi connectivity index (χ0v) is 13.3. The Morgan fingerprint density at radius 3 is 2.40 bits per heavy atom. The van der Waals surface area contributed by atoms with E-state index < -0.39 is 16.9 Å². The zero-order valence-electron chi connectivity index (χ0n) is 12.5. The second kappa shape index (κ2) is 7.55. The van der Waals surface area contributed by atoms with Crippen LogP contribution in [0.2, 0.25) is 0 Å². The number of amides is 1. The van der Waals surface area contributed by atoms with Gasteiger partial charge in [-0.1, -0.05) is 30.3 Å². The fourth-order valence-electron chi connectivity index (χ4n) is 1.69. The van der Waals surface area contributed by atoms with Gasteiger partial charge in [0.2, 0.25) is 0 Å². The lowest BCUT2D eigenvalue weighted by Crippen LogP contribution is -2.35. The smallest absolute Gasteiger partial charge is 0.253 e. The summed E-state index contributed by atoms with van der Waals surface area (Å²) in [5.41, 5.74) is 0.810. The number of carbonyl (C=O) groups is 1. The number of benzene rings is 1. The summed E-state index contributed by atoms with van der Waals surface area (Å²) in [7, 11) is 0.536. The lowest BCUT2D eigenvalue weighted by molar-refractivity contribution is -0.131. The van der Waals surface area contributed by atoms with E-state index in [1.54, 1.807) is 0 Å². The zero-order chi connectivity index (χ0) is 15.2. The highest BCUT2D eigenvalue weighted by atomic mass is 32.2. The molecule has 1 aromatic carbocycles. The van der Waals surface area contributed by atoms with Crippen LogP contribution < -0.4 is 5.32 Å². The van der Waals surface area contributed by atoms with Crippen molar-refractivity contribution in [2.75, 3.05) is 19.4 Å². The first-order chi connectivity index (χ1) is 9.36. The van der Waals surface area contributed by atoms with Crippen LogP contribution in [0.25, 0.3) is 0 Å². The summed E-state index contributed by atoms with van der Waals surface area (Å²) in [5.74, 6) is 0.241. The maximum Gasteiger partial charge on any atom is 0.253 e. The molecule has 0 spiro atoms. The van der Waals surface area contributed by atoms with E-state index in [2.05, 4.69) is 5.32 Å². The summed E-state index contributed by atoms with van der Waals surface area (Å²) in [4.78, 5) is 12.1. The molecule has 2 unspecified atom stereocenters. The van der Waals surface area contributed by atoms with Gasteiger partial charge in [0.15, 0.2) is 6.10 Å². The van der Waals surface area contributed by atoms with E-state index in [1.165, 1.54) is 7.11 Å². The van der Waals surface area contributed by atoms with E-state index >= 15 is 0 Å². The number of ether oxygens (including phenoxy) is 1. The molecule has 2 atom stereocenters. The SMILES string of the molecule is COC(C(=O)NCCS(=O)C(C)(C)C)c1ccccc1. The van der Waals surface area contributed by atoms with Gasteiger partial charge in [0.25, 0.3) is 5.91 Å². The maximum atomic E-state index is 12.1. The van der Waals surface area contributed by atoms with E-state index in [0.29, 0.717) is 12.3 Å². The quantitative estimate of drug-likeness (QED) is 0.874. The standard InChI is InChI=1S/C15H23NO3S/c1-15(2,3)20(18)11-10-16-14(17)13(19-4)12-8-6-5-7-9-12/h5-9,13H,10-11H2,1-4H3,(H,16,17). The molecule has 0 aromatic heterocycles. The fourth-order valence-corrected chi connectivity index (χ4v) is 2.59. The van der Waals surface area contributed by atoms with E-state index in [4.69, 9.17) is 4.74 Å². The molecule has 4 nitrogen and oxygen atoms in total. The van der Waals surface area contributed by atoms with Gasteiger partial charge in [0, 0.05) is 35.0 Å². The van der Waals surface area contributed by atoms with Crippen molar-refractivity contribution in [2.45, 2.75) is 31.6 Å². The molecular formula is C15H23NO3S. The number of hydrogen-bond acceptors (Lipinski definition) is 3. The summed E-state index contributed by atoms with van der Waals surface area (Å²) < 4.78 is 16.9. The van der Waals surface area contributed by atoms with Crippen LogP contribution in [0.4, 0.5) is 0 Å². The van der Waals surface area contributed by atoms with Gasteiger partial charge >= 0.3 is 0 Å². The Morgan fingerprint density at radius 1 is 1.30 bits per heavy atom. The minimum atomic E-state index is -0.969. The summed E-state index contributed by atoms with van der Waals surface area (Å²) in [5, 5.41) is 2.78. The number of methoxy groups -OCH3 is 1. The van der Waals surface area contributed by atoms with Crippen molar-refractivity contribution in [1.82, 2.24) is 5.32 Å². The van der Waals surface area contributed by atoms with Crippen molar-refractivity contribution < 1.29 is 13.7 Å². The normalized spacial score (nSPS) is 14.6. The fraction of sp³-hybridized carbons (Fsp3) is 0.533. The van der Waals surface area contributed by atoms with Gasteiger partial charge in [-0.05, 0) is 26.3 Å². The van der Waals surface area contributed by atoms with Gasteiger partial charge in [0.1, 0.15) is 0 Å². The molecule has 0 aliphatic heterocycles. The average Bonchev–Trinajstić information content (AvgIpc) is 2.39. The van der Waals surface area contributed by atoms with Crippen LogP contribution >= 0.6 is 0 Å². The highest BCUT2D eigenvalue weighted by Gasteiger charge is 2.21. The summed E-state index contributed by atoms with van der Waals surface area (Å²) >= 11 is 0. The van der Waals surface area contributed by atoms with Crippen LogP contribution in [0.5, 0.6) is 0 Å². The van der Waals surface area contributed by atoms with E-state index in [1.807, 2.05) is 51.1 Å². The molecule has 20 heavy (non-hydrogen) atoms. The Balaban J connectivity index is 2.52. The molecule has 1 rings (SSSR count). The Bertz CT molecular complexity index is 454. The van der Waals surface area contributed by atoms with Crippen molar-refractivity contribution in [3.05, 3.63) is 35.9 Å². The number of hydrogen-bond donors (Lipinski definition) is 1. The first kappa shape index (κ1) is 16.9. The number of rotatable bonds is 6. The molecule has 112 valence electrons. The third-order valence-corrected chi connectivity index (χ3v) is 4.79. The van der Waals surface area contributed by atoms with Crippen molar-refractivity contribution in [1.29, 1.82) is 0 Å². The van der Waals surface area contributed by atoms with Crippen LogP contribution in [-0.2, 0) is 20.3 Å². The summed E-state index contributed by atoms with van der Waals surface area (Å²) in [6.45, 7) is 6.15. The lowest BCUT2D eigenvalue weighted by atomic mass is 10.1. The Morgan fingerprint density at radius 2 is 1.90 bits per heavy atom. The molecule has 0 heterocycles. The Hall–Kier alpha value is -1.20. The van der Waals surface area contributed by atoms with Crippen molar-refractivity contribution >= 4 is 16.7 Å². The molecule has 0 aliphatic rings. The molecule has 0 saturated heterocycles. The highest BCUT2D eigenvalue weighted by molar-refractivity contribution is 7.86. The molecule has 0 radical (unpaired) electrons. The second-order valence-electron chi connectivity index (χ2n) is 5.48. The van der Waals surface area contributed by atoms with Gasteiger partial charge in [-0.3, -0.25) is 9.00 Å². The molecule has 0 aliphatic carbocycles. The predicted octanol–water partition coefficient (Wildman–Crippen LogP) is 2.04. The summed E-state index contributed by atoms with van der Waals surface area (Å²) in [6.07, 6.45) is -0.626. The molecule has 0 fully saturated rings. The third-order valence-electron chi connectivity index (χ3n) is 2.85. The van der Waals surface area contributed by atoms with Gasteiger partial charge in [-0.25, -0.2) is 0 Å². The number of carbonyl (C=O) groups excluding carboxylic acids is 1. The van der Waals surface area contributed by atoms with Gasteiger partial charge in [0.05, 0.1) is 0 Å². The number of nitrogens with one attached hydrogen (secondary N) is 1. The predicted molar refractivity (Wildman–Crippen MR) is 82.0 cm³/mol. The monoisotopic (exact) mass is 297 g/mol. The average molecular weight is 297 g/mol. The molecule has 0 saturated carbocycles. The largest absolute Gasteiger partial charge is 0.367 e. The molecule has 0 bridgehead atoms. The van der Waals surface area contributed by atoms with Gasteiger partial charge in [-0.15, -0.1) is 0 Å². The first-order valence-electron chi connectivity index (χ1n) is 6.60. The maximum absolute atomic E-state index is 12.1. The molecule has 1 N–H and O–H groups in total. The van der Waals surface area contributed by atoms with Crippen LogP contribution in [-0.4, -0.2) is 34.3 Å².